The van der Waals surface area contributed by atoms with E-state index in [9.17, 15) is 4.79 Å². The van der Waals surface area contributed by atoms with Crippen LogP contribution in [0.2, 0.25) is 0 Å². The van der Waals surface area contributed by atoms with Gasteiger partial charge in [-0.15, -0.1) is 0 Å². The molecule has 0 atom stereocenters. The van der Waals surface area contributed by atoms with Crippen LogP contribution in [-0.2, 0) is 24.2 Å². The molecule has 1 aromatic rings. The number of ketones is 1. The van der Waals surface area contributed by atoms with E-state index >= 15 is 0 Å². The molecule has 1 aliphatic carbocycles. The molecular formula is C14H20N2O. The Bertz CT molecular complexity index is 443. The summed E-state index contributed by atoms with van der Waals surface area (Å²) < 4.78 is 2.05. The van der Waals surface area contributed by atoms with Crippen molar-refractivity contribution in [2.24, 2.45) is 0 Å². The summed E-state index contributed by atoms with van der Waals surface area (Å²) in [6.07, 6.45) is 6.47. The Balaban J connectivity index is 2.17. The van der Waals surface area contributed by atoms with E-state index in [1.807, 2.05) is 6.08 Å². The van der Waals surface area contributed by atoms with Gasteiger partial charge in [-0.3, -0.25) is 9.48 Å². The highest BCUT2D eigenvalue weighted by Gasteiger charge is 2.13. The molecule has 0 spiro atoms. The van der Waals surface area contributed by atoms with E-state index in [1.54, 1.807) is 0 Å². The highest BCUT2D eigenvalue weighted by Crippen LogP contribution is 2.20. The lowest BCUT2D eigenvalue weighted by molar-refractivity contribution is -0.115. The minimum atomic E-state index is 0.282. The monoisotopic (exact) mass is 232 g/mol. The predicted molar refractivity (Wildman–Crippen MR) is 67.9 cm³/mol. The molecule has 1 aromatic heterocycles. The average Bonchev–Trinajstić information content (AvgIpc) is 2.71. The Morgan fingerprint density at radius 3 is 2.82 bits per heavy atom. The number of carbonyl (C=O) groups is 1. The minimum absolute atomic E-state index is 0.282. The summed E-state index contributed by atoms with van der Waals surface area (Å²) in [5.41, 5.74) is 3.65. The van der Waals surface area contributed by atoms with Gasteiger partial charge in [0, 0.05) is 25.1 Å². The van der Waals surface area contributed by atoms with Gasteiger partial charge in [0.15, 0.2) is 5.78 Å². The molecule has 0 fully saturated rings. The standard InChI is InChI=1S/C14H20N2O/c1-3-12-10-13(16(4-2)15-12)8-11-6-5-7-14(17)9-11/h9-10H,3-8H2,1-2H3. The van der Waals surface area contributed by atoms with Crippen LogP contribution in [0.4, 0.5) is 0 Å². The van der Waals surface area contributed by atoms with Crippen molar-refractivity contribution in [1.29, 1.82) is 0 Å². The van der Waals surface area contributed by atoms with Gasteiger partial charge in [-0.2, -0.15) is 5.10 Å². The topological polar surface area (TPSA) is 34.9 Å². The highest BCUT2D eigenvalue weighted by atomic mass is 16.1. The molecule has 3 heteroatoms. The van der Waals surface area contributed by atoms with E-state index in [-0.39, 0.29) is 5.78 Å². The molecule has 1 heterocycles. The number of aryl methyl sites for hydroxylation is 2. The molecule has 0 N–H and O–H groups in total. The fourth-order valence-electron chi connectivity index (χ4n) is 2.34. The molecule has 1 aliphatic rings. The van der Waals surface area contributed by atoms with E-state index in [0.29, 0.717) is 0 Å². The van der Waals surface area contributed by atoms with E-state index in [0.717, 1.165) is 44.3 Å². The largest absolute Gasteiger partial charge is 0.295 e. The molecule has 0 saturated heterocycles. The van der Waals surface area contributed by atoms with E-state index in [2.05, 4.69) is 29.7 Å². The van der Waals surface area contributed by atoms with Gasteiger partial charge in [0.05, 0.1) is 5.69 Å². The predicted octanol–water partition coefficient (Wildman–Crippen LogP) is 2.69. The second-order valence-corrected chi connectivity index (χ2v) is 4.60. The molecule has 0 saturated carbocycles. The molecule has 92 valence electrons. The lowest BCUT2D eigenvalue weighted by atomic mass is 9.95. The number of rotatable bonds is 4. The van der Waals surface area contributed by atoms with Crippen LogP contribution in [0.1, 0.15) is 44.5 Å². The van der Waals surface area contributed by atoms with Crippen LogP contribution < -0.4 is 0 Å². The van der Waals surface area contributed by atoms with Crippen molar-refractivity contribution in [3.05, 3.63) is 29.1 Å². The summed E-state index contributed by atoms with van der Waals surface area (Å²) in [5.74, 6) is 0.282. The van der Waals surface area contributed by atoms with Gasteiger partial charge in [0.1, 0.15) is 0 Å². The quantitative estimate of drug-likeness (QED) is 0.800. The van der Waals surface area contributed by atoms with Gasteiger partial charge < -0.3 is 0 Å². The first-order valence-electron chi connectivity index (χ1n) is 6.50. The molecule has 17 heavy (non-hydrogen) atoms. The van der Waals surface area contributed by atoms with Crippen LogP contribution in [0.5, 0.6) is 0 Å². The lowest BCUT2D eigenvalue weighted by Gasteiger charge is -2.12. The molecule has 3 nitrogen and oxygen atoms in total. The number of hydrogen-bond donors (Lipinski definition) is 0. The first kappa shape index (κ1) is 12.1. The smallest absolute Gasteiger partial charge is 0.155 e. The average molecular weight is 232 g/mol. The summed E-state index contributed by atoms with van der Waals surface area (Å²) in [6.45, 7) is 5.13. The fraction of sp³-hybridized carbons (Fsp3) is 0.571. The van der Waals surface area contributed by atoms with Crippen molar-refractivity contribution in [2.75, 3.05) is 0 Å². The third-order valence-electron chi connectivity index (χ3n) is 3.27. The van der Waals surface area contributed by atoms with Crippen molar-refractivity contribution in [3.8, 4) is 0 Å². The van der Waals surface area contributed by atoms with Crippen molar-refractivity contribution in [3.63, 3.8) is 0 Å². The van der Waals surface area contributed by atoms with Crippen molar-refractivity contribution < 1.29 is 4.79 Å². The highest BCUT2D eigenvalue weighted by molar-refractivity contribution is 5.91. The maximum atomic E-state index is 11.4. The Labute approximate surface area is 103 Å². The third kappa shape index (κ3) is 2.84. The Morgan fingerprint density at radius 2 is 2.18 bits per heavy atom. The maximum Gasteiger partial charge on any atom is 0.155 e. The van der Waals surface area contributed by atoms with Crippen LogP contribution >= 0.6 is 0 Å². The number of hydrogen-bond acceptors (Lipinski definition) is 2. The summed E-state index contributed by atoms with van der Waals surface area (Å²) >= 11 is 0. The first-order valence-corrected chi connectivity index (χ1v) is 6.50. The van der Waals surface area contributed by atoms with Crippen molar-refractivity contribution in [2.45, 2.75) is 52.5 Å². The lowest BCUT2D eigenvalue weighted by Crippen LogP contribution is -2.08. The Morgan fingerprint density at radius 1 is 1.35 bits per heavy atom. The zero-order valence-corrected chi connectivity index (χ0v) is 10.7. The molecule has 0 unspecified atom stereocenters. The van der Waals surface area contributed by atoms with Crippen LogP contribution in [0.25, 0.3) is 0 Å². The first-order chi connectivity index (χ1) is 8.22. The molecule has 0 aromatic carbocycles. The zero-order valence-electron chi connectivity index (χ0n) is 10.7. The van der Waals surface area contributed by atoms with Crippen LogP contribution in [0.15, 0.2) is 17.7 Å². The molecular weight excluding hydrogens is 212 g/mol. The van der Waals surface area contributed by atoms with Gasteiger partial charge in [0.2, 0.25) is 0 Å². The normalized spacial score (nSPS) is 16.1. The minimum Gasteiger partial charge on any atom is -0.295 e. The van der Waals surface area contributed by atoms with Gasteiger partial charge in [0.25, 0.3) is 0 Å². The second kappa shape index (κ2) is 5.30. The fourth-order valence-corrected chi connectivity index (χ4v) is 2.34. The summed E-state index contributed by atoms with van der Waals surface area (Å²) in [4.78, 5) is 11.4. The molecule has 2 rings (SSSR count). The summed E-state index contributed by atoms with van der Waals surface area (Å²) in [6, 6.07) is 2.17. The molecule has 0 aliphatic heterocycles. The zero-order chi connectivity index (χ0) is 12.3. The summed E-state index contributed by atoms with van der Waals surface area (Å²) in [5, 5.41) is 4.54. The van der Waals surface area contributed by atoms with Crippen LogP contribution in [0, 0.1) is 0 Å². The van der Waals surface area contributed by atoms with Gasteiger partial charge in [-0.1, -0.05) is 12.5 Å². The molecule has 0 radical (unpaired) electrons. The van der Waals surface area contributed by atoms with E-state index in [4.69, 9.17) is 0 Å². The van der Waals surface area contributed by atoms with Crippen LogP contribution in [-0.4, -0.2) is 15.6 Å². The van der Waals surface area contributed by atoms with Crippen molar-refractivity contribution >= 4 is 5.78 Å². The van der Waals surface area contributed by atoms with Gasteiger partial charge >= 0.3 is 0 Å². The summed E-state index contributed by atoms with van der Waals surface area (Å²) in [7, 11) is 0. The number of nitrogens with zero attached hydrogens (tertiary/aromatic N) is 2. The van der Waals surface area contributed by atoms with Crippen molar-refractivity contribution in [1.82, 2.24) is 9.78 Å². The number of allylic oxidation sites excluding steroid dienone is 2. The molecule has 0 bridgehead atoms. The Kier molecular flexibility index (Phi) is 3.77. The Hall–Kier alpha value is -1.38. The SMILES string of the molecule is CCc1cc(CC2=CC(=O)CCC2)n(CC)n1. The maximum absolute atomic E-state index is 11.4. The van der Waals surface area contributed by atoms with Gasteiger partial charge in [-0.25, -0.2) is 0 Å². The number of carbonyl (C=O) groups excluding carboxylic acids is 1. The van der Waals surface area contributed by atoms with E-state index in [1.165, 1.54) is 11.3 Å². The third-order valence-corrected chi connectivity index (χ3v) is 3.27. The van der Waals surface area contributed by atoms with Gasteiger partial charge in [-0.05, 0) is 38.3 Å². The van der Waals surface area contributed by atoms with E-state index < -0.39 is 0 Å². The number of aromatic nitrogens is 2. The molecule has 0 amide bonds. The van der Waals surface area contributed by atoms with Crippen LogP contribution in [0.3, 0.4) is 0 Å². The second-order valence-electron chi connectivity index (χ2n) is 4.60.